The van der Waals surface area contributed by atoms with Crippen LogP contribution >= 0.6 is 11.6 Å². The van der Waals surface area contributed by atoms with Crippen molar-refractivity contribution in [3.05, 3.63) is 75.8 Å². The molecule has 174 valence electrons. The van der Waals surface area contributed by atoms with Crippen LogP contribution in [0.5, 0.6) is 0 Å². The van der Waals surface area contributed by atoms with E-state index in [0.29, 0.717) is 48.9 Å². The summed E-state index contributed by atoms with van der Waals surface area (Å²) in [5.41, 5.74) is 2.12. The monoisotopic (exact) mass is 470 g/mol. The highest BCUT2D eigenvalue weighted by Gasteiger charge is 2.27. The number of halogens is 2. The average molecular weight is 471 g/mol. The maximum Gasteiger partial charge on any atom is 0.289 e. The molecule has 0 aliphatic carbocycles. The van der Waals surface area contributed by atoms with Crippen LogP contribution in [0.4, 0.5) is 10.2 Å². The number of benzene rings is 1. The number of piperazine rings is 1. The number of hydrogen-bond donors (Lipinski definition) is 0. The van der Waals surface area contributed by atoms with Crippen LogP contribution in [0, 0.1) is 12.7 Å². The molecule has 0 unspecified atom stereocenters. The largest absolute Gasteiger partial charge is 0.459 e. The van der Waals surface area contributed by atoms with E-state index in [9.17, 15) is 9.18 Å². The summed E-state index contributed by atoms with van der Waals surface area (Å²) in [5, 5.41) is 0.389. The fourth-order valence-corrected chi connectivity index (χ4v) is 4.26. The van der Waals surface area contributed by atoms with Gasteiger partial charge in [-0.3, -0.25) is 4.79 Å². The molecule has 3 heterocycles. The van der Waals surface area contributed by atoms with Crippen LogP contribution in [0.3, 0.4) is 0 Å². The minimum atomic E-state index is -0.340. The number of aromatic nitrogens is 2. The Hall–Kier alpha value is -2.93. The number of carbonyl (C=O) groups is 1. The number of rotatable bonds is 6. The summed E-state index contributed by atoms with van der Waals surface area (Å²) in [5.74, 6) is 1.67. The smallest absolute Gasteiger partial charge is 0.289 e. The Morgan fingerprint density at radius 2 is 1.91 bits per heavy atom. The Kier molecular flexibility index (Phi) is 6.98. The Bertz CT molecular complexity index is 1110. The van der Waals surface area contributed by atoms with Gasteiger partial charge in [-0.2, -0.15) is 0 Å². The molecule has 1 saturated heterocycles. The predicted octanol–water partition coefficient (Wildman–Crippen LogP) is 5.24. The van der Waals surface area contributed by atoms with Crippen molar-refractivity contribution in [3.63, 3.8) is 0 Å². The number of furan rings is 1. The highest BCUT2D eigenvalue weighted by Crippen LogP contribution is 2.31. The molecule has 1 aliphatic heterocycles. The molecule has 0 spiro atoms. The second-order valence-corrected chi connectivity index (χ2v) is 8.82. The third-order valence-corrected chi connectivity index (χ3v) is 6.63. The van der Waals surface area contributed by atoms with Crippen molar-refractivity contribution >= 4 is 23.3 Å². The van der Waals surface area contributed by atoms with Crippen LogP contribution in [-0.4, -0.2) is 47.0 Å². The molecule has 1 amide bonds. The van der Waals surface area contributed by atoms with Gasteiger partial charge in [-0.1, -0.05) is 31.5 Å². The highest BCUT2D eigenvalue weighted by atomic mass is 35.5. The third-order valence-electron chi connectivity index (χ3n) is 6.28. The van der Waals surface area contributed by atoms with Gasteiger partial charge < -0.3 is 14.2 Å². The maximum atomic E-state index is 14.6. The van der Waals surface area contributed by atoms with Gasteiger partial charge in [0.1, 0.15) is 17.5 Å². The molecule has 1 aliphatic rings. The second kappa shape index (κ2) is 9.91. The molecule has 4 rings (SSSR count). The minimum Gasteiger partial charge on any atom is -0.459 e. The van der Waals surface area contributed by atoms with E-state index < -0.39 is 0 Å². The van der Waals surface area contributed by atoms with Gasteiger partial charge in [0.25, 0.3) is 5.91 Å². The van der Waals surface area contributed by atoms with E-state index in [2.05, 4.69) is 18.7 Å². The van der Waals surface area contributed by atoms with Crippen molar-refractivity contribution < 1.29 is 13.6 Å². The summed E-state index contributed by atoms with van der Waals surface area (Å²) in [4.78, 5) is 26.3. The lowest BCUT2D eigenvalue weighted by atomic mass is 10.0. The Labute approximate surface area is 198 Å². The summed E-state index contributed by atoms with van der Waals surface area (Å²) in [6.45, 7) is 8.46. The van der Waals surface area contributed by atoms with Crippen molar-refractivity contribution in [1.29, 1.82) is 0 Å². The fraction of sp³-hybridized carbons (Fsp3) is 0.400. The van der Waals surface area contributed by atoms with Gasteiger partial charge in [-0.05, 0) is 37.6 Å². The lowest BCUT2D eigenvalue weighted by Crippen LogP contribution is -2.49. The number of aryl methyl sites for hydroxylation is 1. The first-order valence-corrected chi connectivity index (χ1v) is 11.6. The summed E-state index contributed by atoms with van der Waals surface area (Å²) >= 11 is 6.33. The predicted molar refractivity (Wildman–Crippen MR) is 127 cm³/mol. The van der Waals surface area contributed by atoms with Gasteiger partial charge >= 0.3 is 0 Å². The molecule has 33 heavy (non-hydrogen) atoms. The van der Waals surface area contributed by atoms with Crippen LogP contribution in [0.2, 0.25) is 5.02 Å². The normalized spacial score (nSPS) is 15.1. The zero-order valence-electron chi connectivity index (χ0n) is 19.1. The number of hydrogen-bond acceptors (Lipinski definition) is 5. The SMILES string of the molecule is CC[C@@H](C)c1nc(C)c(Cc2c(F)cccc2Cl)c(N2CCN(C(=O)c3ccco3)CC2)n1. The number of carbonyl (C=O) groups excluding carboxylic acids is 1. The Morgan fingerprint density at radius 1 is 1.15 bits per heavy atom. The van der Waals surface area contributed by atoms with E-state index in [-0.39, 0.29) is 17.6 Å². The average Bonchev–Trinajstić information content (AvgIpc) is 3.36. The minimum absolute atomic E-state index is 0.114. The molecule has 1 aromatic carbocycles. The van der Waals surface area contributed by atoms with E-state index >= 15 is 0 Å². The first kappa shape index (κ1) is 23.2. The standard InChI is InChI=1S/C25H28ClFN4O2/c1-4-16(2)23-28-17(3)18(15-19-20(26)7-5-8-21(19)27)24(29-23)30-10-12-31(13-11-30)25(32)22-9-6-14-33-22/h5-9,14,16H,4,10-13,15H2,1-3H3/t16-/m1/s1. The highest BCUT2D eigenvalue weighted by molar-refractivity contribution is 6.31. The molecular formula is C25H28ClFN4O2. The van der Waals surface area contributed by atoms with Gasteiger partial charge in [0.15, 0.2) is 5.76 Å². The molecule has 6 nitrogen and oxygen atoms in total. The number of amides is 1. The van der Waals surface area contributed by atoms with E-state index in [4.69, 9.17) is 26.0 Å². The van der Waals surface area contributed by atoms with Gasteiger partial charge in [0.2, 0.25) is 0 Å². The molecule has 1 atom stereocenters. The fourth-order valence-electron chi connectivity index (χ4n) is 4.03. The van der Waals surface area contributed by atoms with E-state index in [1.54, 1.807) is 29.2 Å². The van der Waals surface area contributed by atoms with Gasteiger partial charge in [0.05, 0.1) is 6.26 Å². The summed E-state index contributed by atoms with van der Waals surface area (Å²) in [6.07, 6.45) is 2.73. The third kappa shape index (κ3) is 4.88. The molecule has 0 saturated carbocycles. The summed E-state index contributed by atoms with van der Waals surface area (Å²) < 4.78 is 19.9. The van der Waals surface area contributed by atoms with Gasteiger partial charge in [-0.25, -0.2) is 14.4 Å². The van der Waals surface area contributed by atoms with Crippen LogP contribution in [-0.2, 0) is 6.42 Å². The molecule has 3 aromatic rings. The Balaban J connectivity index is 1.64. The van der Waals surface area contributed by atoms with E-state index in [1.807, 2.05) is 6.92 Å². The molecule has 0 N–H and O–H groups in total. The van der Waals surface area contributed by atoms with Crippen molar-refractivity contribution in [2.75, 3.05) is 31.1 Å². The topological polar surface area (TPSA) is 62.5 Å². The van der Waals surface area contributed by atoms with Crippen molar-refractivity contribution in [2.24, 2.45) is 0 Å². The molecule has 0 bridgehead atoms. The van der Waals surface area contributed by atoms with E-state index in [0.717, 1.165) is 29.3 Å². The van der Waals surface area contributed by atoms with E-state index in [1.165, 1.54) is 12.3 Å². The lowest BCUT2D eigenvalue weighted by Gasteiger charge is -2.36. The first-order chi connectivity index (χ1) is 15.9. The zero-order valence-corrected chi connectivity index (χ0v) is 19.9. The van der Waals surface area contributed by atoms with Crippen LogP contribution < -0.4 is 4.90 Å². The summed E-state index contributed by atoms with van der Waals surface area (Å²) in [6, 6.07) is 8.11. The van der Waals surface area contributed by atoms with Gasteiger partial charge in [0, 0.05) is 60.4 Å². The molecule has 1 fully saturated rings. The van der Waals surface area contributed by atoms with Crippen molar-refractivity contribution in [2.45, 2.75) is 39.5 Å². The van der Waals surface area contributed by atoms with Crippen molar-refractivity contribution in [3.8, 4) is 0 Å². The molecule has 2 aromatic heterocycles. The zero-order chi connectivity index (χ0) is 23.5. The Morgan fingerprint density at radius 3 is 2.55 bits per heavy atom. The molecule has 0 radical (unpaired) electrons. The second-order valence-electron chi connectivity index (χ2n) is 8.41. The molecule has 8 heteroatoms. The van der Waals surface area contributed by atoms with Crippen LogP contribution in [0.15, 0.2) is 41.0 Å². The summed E-state index contributed by atoms with van der Waals surface area (Å²) in [7, 11) is 0. The van der Waals surface area contributed by atoms with Crippen LogP contribution in [0.25, 0.3) is 0 Å². The quantitative estimate of drug-likeness (QED) is 0.493. The maximum absolute atomic E-state index is 14.6. The lowest BCUT2D eigenvalue weighted by molar-refractivity contribution is 0.0714. The van der Waals surface area contributed by atoms with Gasteiger partial charge in [-0.15, -0.1) is 0 Å². The molecular weight excluding hydrogens is 443 g/mol. The van der Waals surface area contributed by atoms with Crippen molar-refractivity contribution in [1.82, 2.24) is 14.9 Å². The van der Waals surface area contributed by atoms with Crippen LogP contribution in [0.1, 0.15) is 59.4 Å². The number of nitrogens with zero attached hydrogens (tertiary/aromatic N) is 4. The first-order valence-electron chi connectivity index (χ1n) is 11.3. The number of anilines is 1.